The minimum atomic E-state index is -0.606. The molecule has 6 aromatic carbocycles. The molecule has 0 fully saturated rings. The van der Waals surface area contributed by atoms with E-state index in [4.69, 9.17) is 0 Å². The molecule has 0 amide bonds. The average Bonchev–Trinajstić information content (AvgIpc) is 3.00. The van der Waals surface area contributed by atoms with E-state index in [0.717, 1.165) is 0 Å². The van der Waals surface area contributed by atoms with Crippen LogP contribution in [0.15, 0.2) is 170 Å². The van der Waals surface area contributed by atoms with Crippen LogP contribution in [0.5, 0.6) is 0 Å². The number of rotatable bonds is 8. The highest BCUT2D eigenvalue weighted by Gasteiger charge is 2.18. The lowest BCUT2D eigenvalue weighted by Gasteiger charge is -2.21. The molecule has 0 heterocycles. The lowest BCUT2D eigenvalue weighted by Crippen LogP contribution is -2.23. The van der Waals surface area contributed by atoms with Gasteiger partial charge in [-0.3, -0.25) is 0 Å². The smallest absolute Gasteiger partial charge is 0.0134 e. The van der Waals surface area contributed by atoms with Crippen LogP contribution in [0.3, 0.4) is 0 Å². The molecule has 0 saturated carbocycles. The van der Waals surface area contributed by atoms with Crippen molar-refractivity contribution in [2.75, 3.05) is 0 Å². The van der Waals surface area contributed by atoms with Crippen LogP contribution in [0.1, 0.15) is 0 Å². The molecule has 0 saturated heterocycles. The SMILES string of the molecule is c1ccc(P(c2ccccc2)c2cccc(Pc3cccc(P(c4ccccc4)c4ccccc4)c3)c2)cc1. The first-order valence-electron chi connectivity index (χ1n) is 13.1. The topological polar surface area (TPSA) is 0 Å². The van der Waals surface area contributed by atoms with Crippen molar-refractivity contribution in [3.63, 3.8) is 0 Å². The Labute approximate surface area is 236 Å². The van der Waals surface area contributed by atoms with Crippen LogP contribution in [0, 0.1) is 0 Å². The van der Waals surface area contributed by atoms with Crippen LogP contribution in [0.4, 0.5) is 0 Å². The molecule has 6 aromatic rings. The molecule has 0 N–H and O–H groups in total. The molecular weight excluding hydrogens is 525 g/mol. The van der Waals surface area contributed by atoms with E-state index in [1.54, 1.807) is 0 Å². The van der Waals surface area contributed by atoms with Crippen LogP contribution in [0.2, 0.25) is 0 Å². The summed E-state index contributed by atoms with van der Waals surface area (Å²) < 4.78 is 0. The summed E-state index contributed by atoms with van der Waals surface area (Å²) in [6.07, 6.45) is 0. The van der Waals surface area contributed by atoms with Crippen molar-refractivity contribution in [1.29, 1.82) is 0 Å². The van der Waals surface area contributed by atoms with Gasteiger partial charge in [-0.05, 0) is 70.4 Å². The van der Waals surface area contributed by atoms with E-state index < -0.39 is 15.8 Å². The lowest BCUT2D eigenvalue weighted by atomic mass is 10.3. The maximum Gasteiger partial charge on any atom is -0.0134 e. The van der Waals surface area contributed by atoms with Crippen molar-refractivity contribution in [2.45, 2.75) is 0 Å². The molecule has 6 rings (SSSR count). The van der Waals surface area contributed by atoms with Gasteiger partial charge in [0.05, 0.1) is 0 Å². The molecule has 188 valence electrons. The van der Waals surface area contributed by atoms with Crippen molar-refractivity contribution in [2.24, 2.45) is 0 Å². The molecule has 0 aromatic heterocycles. The molecule has 0 spiro atoms. The van der Waals surface area contributed by atoms with Gasteiger partial charge in [-0.15, -0.1) is 0 Å². The van der Waals surface area contributed by atoms with Gasteiger partial charge >= 0.3 is 0 Å². The molecule has 3 heteroatoms. The maximum absolute atomic E-state index is 2.44. The fourth-order valence-electron chi connectivity index (χ4n) is 4.81. The summed E-state index contributed by atoms with van der Waals surface area (Å²) in [7, 11) is -0.606. The Kier molecular flexibility index (Phi) is 8.38. The Morgan fingerprint density at radius 2 is 0.564 bits per heavy atom. The summed E-state index contributed by atoms with van der Waals surface area (Å²) >= 11 is 0. The summed E-state index contributed by atoms with van der Waals surface area (Å²) in [6.45, 7) is 0. The molecule has 0 unspecified atom stereocenters. The minimum absolute atomic E-state index is 0.606. The highest BCUT2D eigenvalue weighted by Crippen LogP contribution is 2.34. The number of benzene rings is 6. The maximum atomic E-state index is 2.44. The third kappa shape index (κ3) is 6.27. The number of hydrogen-bond donors (Lipinski definition) is 0. The van der Waals surface area contributed by atoms with Gasteiger partial charge < -0.3 is 0 Å². The highest BCUT2D eigenvalue weighted by atomic mass is 31.1. The second-order valence-electron chi connectivity index (χ2n) is 9.24. The zero-order chi connectivity index (χ0) is 26.3. The Morgan fingerprint density at radius 3 is 0.872 bits per heavy atom. The second-order valence-corrected chi connectivity index (χ2v) is 15.1. The molecular formula is C36H29P3. The average molecular weight is 555 g/mol. The van der Waals surface area contributed by atoms with Gasteiger partial charge in [0.2, 0.25) is 0 Å². The Balaban J connectivity index is 1.34. The van der Waals surface area contributed by atoms with Crippen molar-refractivity contribution in [3.8, 4) is 0 Å². The van der Waals surface area contributed by atoms with Crippen molar-refractivity contribution in [3.05, 3.63) is 170 Å². The highest BCUT2D eigenvalue weighted by molar-refractivity contribution is 7.80. The van der Waals surface area contributed by atoms with Gasteiger partial charge in [0, 0.05) is 0 Å². The minimum Gasteiger partial charge on any atom is -0.0622 e. The first-order valence-corrected chi connectivity index (χ1v) is 16.8. The molecule has 0 bridgehead atoms. The Bertz CT molecular complexity index is 1410. The van der Waals surface area contributed by atoms with E-state index in [1.165, 1.54) is 42.4 Å². The zero-order valence-electron chi connectivity index (χ0n) is 21.6. The van der Waals surface area contributed by atoms with Crippen molar-refractivity contribution >= 4 is 66.9 Å². The Morgan fingerprint density at radius 1 is 0.282 bits per heavy atom. The van der Waals surface area contributed by atoms with E-state index in [1.807, 2.05) is 0 Å². The predicted octanol–water partition coefficient (Wildman–Crippen LogP) is 5.83. The molecule has 0 atom stereocenters. The number of hydrogen-bond acceptors (Lipinski definition) is 0. The van der Waals surface area contributed by atoms with Gasteiger partial charge in [-0.25, -0.2) is 0 Å². The van der Waals surface area contributed by atoms with Crippen molar-refractivity contribution < 1.29 is 0 Å². The van der Waals surface area contributed by atoms with E-state index in [-0.39, 0.29) is 0 Å². The van der Waals surface area contributed by atoms with Crippen LogP contribution < -0.4 is 42.4 Å². The first-order chi connectivity index (χ1) is 19.3. The summed E-state index contributed by atoms with van der Waals surface area (Å²) in [5.41, 5.74) is 0. The molecule has 0 radical (unpaired) electrons. The van der Waals surface area contributed by atoms with Gasteiger partial charge in [-0.1, -0.05) is 166 Å². The fraction of sp³-hybridized carbons (Fsp3) is 0. The third-order valence-corrected chi connectivity index (χ3v) is 12.6. The van der Waals surface area contributed by atoms with E-state index in [2.05, 4.69) is 170 Å². The molecule has 0 nitrogen and oxygen atoms in total. The summed E-state index contributed by atoms with van der Waals surface area (Å²) in [5, 5.41) is 11.1. The molecule has 0 aliphatic rings. The van der Waals surface area contributed by atoms with Gasteiger partial charge in [0.15, 0.2) is 0 Å². The third-order valence-electron chi connectivity index (χ3n) is 6.55. The van der Waals surface area contributed by atoms with Crippen LogP contribution in [-0.2, 0) is 0 Å². The zero-order valence-corrected chi connectivity index (χ0v) is 24.3. The normalized spacial score (nSPS) is 11.1. The second kappa shape index (κ2) is 12.6. The van der Waals surface area contributed by atoms with Crippen LogP contribution in [0.25, 0.3) is 0 Å². The Hall–Kier alpha value is -3.39. The summed E-state index contributed by atoms with van der Waals surface area (Å²) in [6, 6.07) is 62.4. The largest absolute Gasteiger partial charge is 0.0622 e. The molecule has 39 heavy (non-hydrogen) atoms. The summed E-state index contributed by atoms with van der Waals surface area (Å²) in [5.74, 6) is 0. The summed E-state index contributed by atoms with van der Waals surface area (Å²) in [4.78, 5) is 0. The van der Waals surface area contributed by atoms with Crippen LogP contribution in [-0.4, -0.2) is 0 Å². The predicted molar refractivity (Wildman–Crippen MR) is 178 cm³/mol. The van der Waals surface area contributed by atoms with E-state index in [9.17, 15) is 0 Å². The van der Waals surface area contributed by atoms with Gasteiger partial charge in [-0.2, -0.15) is 0 Å². The lowest BCUT2D eigenvalue weighted by molar-refractivity contribution is 1.74. The first kappa shape index (κ1) is 25.9. The van der Waals surface area contributed by atoms with Gasteiger partial charge in [0.25, 0.3) is 0 Å². The van der Waals surface area contributed by atoms with Crippen molar-refractivity contribution in [1.82, 2.24) is 0 Å². The fourth-order valence-corrected chi connectivity index (χ4v) is 10.9. The standard InChI is InChI=1S/C36H29P3/c1-5-17-31(18-6-1)38(32-19-7-2-8-20-32)35-25-13-15-29(27-35)37-30-16-14-26-36(28-30)39(33-21-9-3-10-22-33)34-23-11-4-12-24-34/h1-28,37H. The molecule has 0 aliphatic carbocycles. The van der Waals surface area contributed by atoms with E-state index in [0.29, 0.717) is 8.58 Å². The molecule has 0 aliphatic heterocycles. The quantitative estimate of drug-likeness (QED) is 0.208. The van der Waals surface area contributed by atoms with Crippen LogP contribution >= 0.6 is 24.4 Å². The van der Waals surface area contributed by atoms with Gasteiger partial charge in [0.1, 0.15) is 0 Å². The monoisotopic (exact) mass is 554 g/mol. The van der Waals surface area contributed by atoms with E-state index >= 15 is 0 Å².